The average Bonchev–Trinajstić information content (AvgIpc) is 2.92. The quantitative estimate of drug-likeness (QED) is 0.255. The second kappa shape index (κ2) is 14.3. The second-order valence-electron chi connectivity index (χ2n) is 9.82. The predicted octanol–water partition coefficient (Wildman–Crippen LogP) is 5.88. The normalized spacial score (nSPS) is 12.0. The smallest absolute Gasteiger partial charge is 0.264 e. The summed E-state index contributed by atoms with van der Waals surface area (Å²) in [5.74, 6) is -0.745. The van der Waals surface area contributed by atoms with Crippen LogP contribution in [0.1, 0.15) is 49.8 Å². The zero-order valence-electron chi connectivity index (χ0n) is 23.6. The van der Waals surface area contributed by atoms with Crippen LogP contribution in [-0.4, -0.2) is 44.3 Å². The van der Waals surface area contributed by atoms with E-state index in [1.807, 2.05) is 52.0 Å². The van der Waals surface area contributed by atoms with Crippen LogP contribution in [0.5, 0.6) is 0 Å². The molecule has 0 aromatic heterocycles. The fraction of sp³-hybridized carbons (Fsp3) is 0.355. The van der Waals surface area contributed by atoms with Gasteiger partial charge in [0.1, 0.15) is 12.6 Å². The number of sulfonamides is 1. The summed E-state index contributed by atoms with van der Waals surface area (Å²) in [7, 11) is -4.14. The third-order valence-corrected chi connectivity index (χ3v) is 8.82. The fourth-order valence-corrected chi connectivity index (χ4v) is 5.98. The van der Waals surface area contributed by atoms with E-state index >= 15 is 0 Å². The molecule has 0 radical (unpaired) electrons. The van der Waals surface area contributed by atoms with E-state index in [1.165, 1.54) is 23.1 Å². The second-order valence-corrected chi connectivity index (χ2v) is 12.1. The van der Waals surface area contributed by atoms with Crippen LogP contribution >= 0.6 is 11.6 Å². The van der Waals surface area contributed by atoms with E-state index in [-0.39, 0.29) is 23.0 Å². The Morgan fingerprint density at radius 2 is 1.65 bits per heavy atom. The first-order chi connectivity index (χ1) is 19.1. The van der Waals surface area contributed by atoms with Crippen LogP contribution in [0, 0.1) is 13.8 Å². The molecule has 40 heavy (non-hydrogen) atoms. The number of aryl methyl sites for hydroxylation is 2. The maximum absolute atomic E-state index is 14.1. The summed E-state index contributed by atoms with van der Waals surface area (Å²) < 4.78 is 28.9. The molecule has 3 aromatic rings. The molecule has 0 bridgehead atoms. The topological polar surface area (TPSA) is 86.8 Å². The number of unbranched alkanes of at least 4 members (excludes halogenated alkanes) is 1. The molecular formula is C31H38ClN3O4S. The minimum atomic E-state index is -4.14. The van der Waals surface area contributed by atoms with Crippen LogP contribution < -0.4 is 9.62 Å². The summed E-state index contributed by atoms with van der Waals surface area (Å²) in [4.78, 5) is 28.9. The van der Waals surface area contributed by atoms with Gasteiger partial charge >= 0.3 is 0 Å². The first-order valence-electron chi connectivity index (χ1n) is 13.5. The number of nitrogens with zero attached hydrogens (tertiary/aromatic N) is 2. The van der Waals surface area contributed by atoms with Gasteiger partial charge < -0.3 is 10.2 Å². The number of hydrogen-bond acceptors (Lipinski definition) is 4. The lowest BCUT2D eigenvalue weighted by molar-refractivity contribution is -0.140. The van der Waals surface area contributed by atoms with Gasteiger partial charge in [-0.15, -0.1) is 0 Å². The van der Waals surface area contributed by atoms with Crippen molar-refractivity contribution < 1.29 is 18.0 Å². The molecule has 0 unspecified atom stereocenters. The van der Waals surface area contributed by atoms with Gasteiger partial charge in [-0.05, 0) is 68.1 Å². The number of carbonyl (C=O) groups is 2. The molecule has 0 aliphatic carbocycles. The molecule has 3 rings (SSSR count). The Balaban J connectivity index is 2.05. The van der Waals surface area contributed by atoms with E-state index in [2.05, 4.69) is 5.32 Å². The molecule has 3 aromatic carbocycles. The molecule has 0 heterocycles. The van der Waals surface area contributed by atoms with Crippen LogP contribution in [-0.2, 0) is 26.2 Å². The number of halogens is 1. The SMILES string of the molecule is CCCCNC(=O)[C@H](CC)N(Cc1ccccc1C)C(=O)CN(c1cccc(Cl)c1)S(=O)(=O)c1ccc(C)cc1. The third kappa shape index (κ3) is 7.86. The number of anilines is 1. The van der Waals surface area contributed by atoms with Crippen molar-refractivity contribution in [2.45, 2.75) is 64.4 Å². The van der Waals surface area contributed by atoms with E-state index in [4.69, 9.17) is 11.6 Å². The molecule has 1 atom stereocenters. The Bertz CT molecular complexity index is 1410. The maximum Gasteiger partial charge on any atom is 0.264 e. The number of rotatable bonds is 13. The standard InChI is InChI=1S/C31H38ClN3O4S/c1-5-7-19-33-31(37)29(6-2)34(21-25-12-9-8-11-24(25)4)30(36)22-35(27-14-10-13-26(32)20-27)40(38,39)28-17-15-23(3)16-18-28/h8-18,20,29H,5-7,19,21-22H2,1-4H3,(H,33,37)/t29-/m0/s1. The van der Waals surface area contributed by atoms with Crippen molar-refractivity contribution in [2.75, 3.05) is 17.4 Å². The predicted molar refractivity (Wildman–Crippen MR) is 161 cm³/mol. The van der Waals surface area contributed by atoms with Crippen LogP contribution in [0.15, 0.2) is 77.7 Å². The molecule has 0 saturated heterocycles. The summed E-state index contributed by atoms with van der Waals surface area (Å²) >= 11 is 6.23. The van der Waals surface area contributed by atoms with Gasteiger partial charge in [-0.25, -0.2) is 8.42 Å². The first-order valence-corrected chi connectivity index (χ1v) is 15.4. The zero-order valence-corrected chi connectivity index (χ0v) is 25.1. The monoisotopic (exact) mass is 583 g/mol. The average molecular weight is 584 g/mol. The highest BCUT2D eigenvalue weighted by atomic mass is 35.5. The molecule has 9 heteroatoms. The molecule has 2 amide bonds. The summed E-state index contributed by atoms with van der Waals surface area (Å²) in [5, 5.41) is 3.28. The highest BCUT2D eigenvalue weighted by Crippen LogP contribution is 2.27. The van der Waals surface area contributed by atoms with Crippen LogP contribution in [0.25, 0.3) is 0 Å². The van der Waals surface area contributed by atoms with Crippen molar-refractivity contribution in [3.8, 4) is 0 Å². The van der Waals surface area contributed by atoms with Crippen molar-refractivity contribution in [1.29, 1.82) is 0 Å². The molecule has 214 valence electrons. The van der Waals surface area contributed by atoms with Crippen molar-refractivity contribution >= 4 is 39.1 Å². The van der Waals surface area contributed by atoms with Gasteiger partial charge in [-0.2, -0.15) is 0 Å². The number of benzene rings is 3. The molecule has 0 aliphatic rings. The van der Waals surface area contributed by atoms with E-state index in [0.717, 1.165) is 33.8 Å². The molecule has 7 nitrogen and oxygen atoms in total. The molecule has 0 spiro atoms. The van der Waals surface area contributed by atoms with E-state index < -0.39 is 28.5 Å². The van der Waals surface area contributed by atoms with Gasteiger partial charge in [0.15, 0.2) is 0 Å². The highest BCUT2D eigenvalue weighted by Gasteiger charge is 2.33. The van der Waals surface area contributed by atoms with Gasteiger partial charge in [0.25, 0.3) is 10.0 Å². The summed E-state index contributed by atoms with van der Waals surface area (Å²) in [6, 6.07) is 19.7. The minimum Gasteiger partial charge on any atom is -0.354 e. The molecular weight excluding hydrogens is 546 g/mol. The number of carbonyl (C=O) groups excluding carboxylic acids is 2. The Morgan fingerprint density at radius 3 is 2.27 bits per heavy atom. The lowest BCUT2D eigenvalue weighted by atomic mass is 10.1. The fourth-order valence-electron chi connectivity index (χ4n) is 4.39. The first kappa shape index (κ1) is 31.2. The summed E-state index contributed by atoms with van der Waals surface area (Å²) in [6.45, 7) is 7.88. The van der Waals surface area contributed by atoms with Crippen LogP contribution in [0.3, 0.4) is 0 Å². The van der Waals surface area contributed by atoms with Crippen molar-refractivity contribution in [2.24, 2.45) is 0 Å². The van der Waals surface area contributed by atoms with Crippen molar-refractivity contribution in [3.63, 3.8) is 0 Å². The van der Waals surface area contributed by atoms with Crippen molar-refractivity contribution in [1.82, 2.24) is 10.2 Å². The highest BCUT2D eigenvalue weighted by molar-refractivity contribution is 7.92. The van der Waals surface area contributed by atoms with E-state index in [1.54, 1.807) is 30.3 Å². The largest absolute Gasteiger partial charge is 0.354 e. The molecule has 1 N–H and O–H groups in total. The lowest BCUT2D eigenvalue weighted by Gasteiger charge is -2.33. The number of amides is 2. The maximum atomic E-state index is 14.1. The molecule has 0 aliphatic heterocycles. The van der Waals surface area contributed by atoms with Gasteiger partial charge in [-0.3, -0.25) is 13.9 Å². The van der Waals surface area contributed by atoms with E-state index in [0.29, 0.717) is 18.0 Å². The Kier molecular flexibility index (Phi) is 11.2. The van der Waals surface area contributed by atoms with Gasteiger partial charge in [0.05, 0.1) is 10.6 Å². The van der Waals surface area contributed by atoms with E-state index in [9.17, 15) is 18.0 Å². The van der Waals surface area contributed by atoms with Crippen molar-refractivity contribution in [3.05, 3.63) is 94.5 Å². The Hall–Kier alpha value is -3.36. The van der Waals surface area contributed by atoms with Gasteiger partial charge in [0, 0.05) is 18.1 Å². The van der Waals surface area contributed by atoms with Gasteiger partial charge in [-0.1, -0.05) is 79.9 Å². The van der Waals surface area contributed by atoms with Crippen LogP contribution in [0.4, 0.5) is 5.69 Å². The number of hydrogen-bond donors (Lipinski definition) is 1. The van der Waals surface area contributed by atoms with Crippen LogP contribution in [0.2, 0.25) is 5.02 Å². The molecule has 0 saturated carbocycles. The zero-order chi connectivity index (χ0) is 29.3. The summed E-state index contributed by atoms with van der Waals surface area (Å²) in [5.41, 5.74) is 3.03. The number of nitrogens with one attached hydrogen (secondary N) is 1. The Labute approximate surface area is 243 Å². The summed E-state index contributed by atoms with van der Waals surface area (Å²) in [6.07, 6.45) is 2.12. The Morgan fingerprint density at radius 1 is 0.950 bits per heavy atom. The lowest BCUT2D eigenvalue weighted by Crippen LogP contribution is -2.52. The third-order valence-electron chi connectivity index (χ3n) is 6.80. The van der Waals surface area contributed by atoms with Gasteiger partial charge in [0.2, 0.25) is 11.8 Å². The molecule has 0 fully saturated rings. The minimum absolute atomic E-state index is 0.0562.